The number of rotatable bonds is 1. The fourth-order valence-electron chi connectivity index (χ4n) is 0.657. The molecule has 1 aliphatic rings. The lowest BCUT2D eigenvalue weighted by Crippen LogP contribution is -2.22. The molecule has 0 amide bonds. The zero-order chi connectivity index (χ0) is 6.91. The number of hydrogen-bond donors (Lipinski definition) is 1. The Morgan fingerprint density at radius 2 is 2.44 bits per heavy atom. The molecule has 0 unspecified atom stereocenters. The minimum atomic E-state index is -1.18. The Morgan fingerprint density at radius 3 is 2.67 bits per heavy atom. The van der Waals surface area contributed by atoms with Crippen LogP contribution in [0, 0.1) is 0 Å². The first kappa shape index (κ1) is 6.95. The van der Waals surface area contributed by atoms with Gasteiger partial charge in [0.25, 0.3) is 0 Å². The summed E-state index contributed by atoms with van der Waals surface area (Å²) in [5.74, 6) is -1.18. The Kier molecular flexibility index (Phi) is 1.72. The number of aliphatic hydroxyl groups is 1. The molecule has 1 aliphatic heterocycles. The largest absolute Gasteiger partial charge is 0.363 e. The Hall–Kier alpha value is -0.160. The molecular weight excluding hydrogens is 124 g/mol. The average molecular weight is 134 g/mol. The molecule has 1 rings (SSSR count). The van der Waals surface area contributed by atoms with Crippen molar-refractivity contribution < 1.29 is 19.6 Å². The maximum absolute atomic E-state index is 9.07. The quantitative estimate of drug-likeness (QED) is 0.513. The topological polar surface area (TPSA) is 47.9 Å². The summed E-state index contributed by atoms with van der Waals surface area (Å²) in [6.45, 7) is 1.52. The maximum atomic E-state index is 9.07. The van der Waals surface area contributed by atoms with Gasteiger partial charge in [-0.3, -0.25) is 0 Å². The molecular formula is C5H10O4. The summed E-state index contributed by atoms with van der Waals surface area (Å²) in [5.41, 5.74) is 0. The van der Waals surface area contributed by atoms with Crippen LogP contribution in [-0.2, 0) is 14.5 Å². The Labute approximate surface area is 53.3 Å². The second kappa shape index (κ2) is 2.22. The van der Waals surface area contributed by atoms with Gasteiger partial charge in [-0.1, -0.05) is 0 Å². The van der Waals surface area contributed by atoms with Crippen LogP contribution >= 0.6 is 0 Å². The summed E-state index contributed by atoms with van der Waals surface area (Å²) in [4.78, 5) is 9.02. The molecule has 1 N–H and O–H groups in total. The van der Waals surface area contributed by atoms with E-state index in [1.807, 2.05) is 0 Å². The number of hydrogen-bond acceptors (Lipinski definition) is 4. The molecule has 2 atom stereocenters. The lowest BCUT2D eigenvalue weighted by Gasteiger charge is -2.08. The first-order valence-corrected chi connectivity index (χ1v) is 2.74. The SMILES string of the molecule is CO[C@@H]1C[C@](C)(O)OO1. The van der Waals surface area contributed by atoms with Gasteiger partial charge in [-0.2, -0.15) is 4.89 Å². The molecule has 0 aliphatic carbocycles. The van der Waals surface area contributed by atoms with Crippen LogP contribution in [0.25, 0.3) is 0 Å². The van der Waals surface area contributed by atoms with E-state index in [4.69, 9.17) is 9.84 Å². The highest BCUT2D eigenvalue weighted by Gasteiger charge is 2.36. The van der Waals surface area contributed by atoms with Crippen molar-refractivity contribution in [3.05, 3.63) is 0 Å². The normalized spacial score (nSPS) is 43.7. The van der Waals surface area contributed by atoms with Crippen molar-refractivity contribution in [3.63, 3.8) is 0 Å². The third kappa shape index (κ3) is 1.62. The van der Waals surface area contributed by atoms with E-state index < -0.39 is 12.1 Å². The lowest BCUT2D eigenvalue weighted by molar-refractivity contribution is -0.393. The van der Waals surface area contributed by atoms with E-state index in [2.05, 4.69) is 9.78 Å². The van der Waals surface area contributed by atoms with Gasteiger partial charge in [0.1, 0.15) is 0 Å². The van der Waals surface area contributed by atoms with E-state index in [0.717, 1.165) is 0 Å². The summed E-state index contributed by atoms with van der Waals surface area (Å²) in [5, 5.41) is 9.07. The molecule has 1 saturated heterocycles. The van der Waals surface area contributed by atoms with Gasteiger partial charge >= 0.3 is 0 Å². The molecule has 0 aromatic rings. The summed E-state index contributed by atoms with van der Waals surface area (Å²) < 4.78 is 4.74. The molecule has 1 heterocycles. The molecule has 0 aromatic heterocycles. The summed E-state index contributed by atoms with van der Waals surface area (Å²) in [7, 11) is 1.50. The molecule has 9 heavy (non-hydrogen) atoms. The molecule has 0 spiro atoms. The molecule has 4 nitrogen and oxygen atoms in total. The third-order valence-corrected chi connectivity index (χ3v) is 1.14. The van der Waals surface area contributed by atoms with Crippen molar-refractivity contribution in [3.8, 4) is 0 Å². The predicted molar refractivity (Wildman–Crippen MR) is 28.2 cm³/mol. The first-order valence-electron chi connectivity index (χ1n) is 2.74. The summed E-state index contributed by atoms with van der Waals surface area (Å²) >= 11 is 0. The molecule has 4 heteroatoms. The van der Waals surface area contributed by atoms with Gasteiger partial charge in [0, 0.05) is 7.11 Å². The second-order valence-electron chi connectivity index (χ2n) is 2.22. The molecule has 0 radical (unpaired) electrons. The molecule has 1 fully saturated rings. The van der Waals surface area contributed by atoms with Crippen LogP contribution in [0.4, 0.5) is 0 Å². The summed E-state index contributed by atoms with van der Waals surface area (Å²) in [6.07, 6.45) is -0.0799. The van der Waals surface area contributed by atoms with Crippen molar-refractivity contribution in [1.82, 2.24) is 0 Å². The standard InChI is InChI=1S/C5H10O4/c1-5(6)3-4(7-2)8-9-5/h4,6H,3H2,1-2H3/t4-,5+/m0/s1. The third-order valence-electron chi connectivity index (χ3n) is 1.14. The highest BCUT2D eigenvalue weighted by molar-refractivity contribution is 4.63. The van der Waals surface area contributed by atoms with Gasteiger partial charge in [-0.05, 0) is 6.92 Å². The van der Waals surface area contributed by atoms with E-state index >= 15 is 0 Å². The predicted octanol–water partition coefficient (Wildman–Crippen LogP) is 0.0193. The van der Waals surface area contributed by atoms with E-state index in [0.29, 0.717) is 6.42 Å². The van der Waals surface area contributed by atoms with Crippen molar-refractivity contribution in [2.75, 3.05) is 7.11 Å². The Balaban J connectivity index is 2.38. The van der Waals surface area contributed by atoms with E-state index in [1.54, 1.807) is 0 Å². The highest BCUT2D eigenvalue weighted by Crippen LogP contribution is 2.24. The van der Waals surface area contributed by atoms with Crippen molar-refractivity contribution in [1.29, 1.82) is 0 Å². The van der Waals surface area contributed by atoms with Gasteiger partial charge in [-0.25, -0.2) is 4.89 Å². The van der Waals surface area contributed by atoms with Crippen molar-refractivity contribution >= 4 is 0 Å². The highest BCUT2D eigenvalue weighted by atomic mass is 17.3. The van der Waals surface area contributed by atoms with E-state index in [-0.39, 0.29) is 0 Å². The molecule has 0 aromatic carbocycles. The smallest absolute Gasteiger partial charge is 0.201 e. The van der Waals surface area contributed by atoms with Crippen LogP contribution in [0.2, 0.25) is 0 Å². The van der Waals surface area contributed by atoms with Crippen molar-refractivity contribution in [2.45, 2.75) is 25.4 Å². The Morgan fingerprint density at radius 1 is 1.78 bits per heavy atom. The first-order chi connectivity index (χ1) is 4.14. The minimum Gasteiger partial charge on any atom is -0.363 e. The van der Waals surface area contributed by atoms with Gasteiger partial charge in [0.05, 0.1) is 6.42 Å². The molecule has 0 saturated carbocycles. The van der Waals surface area contributed by atoms with Crippen LogP contribution in [-0.4, -0.2) is 24.3 Å². The average Bonchev–Trinajstić information content (AvgIpc) is 2.10. The van der Waals surface area contributed by atoms with Crippen LogP contribution in [0.1, 0.15) is 13.3 Å². The summed E-state index contributed by atoms with van der Waals surface area (Å²) in [6, 6.07) is 0. The molecule has 0 bridgehead atoms. The van der Waals surface area contributed by atoms with Gasteiger partial charge in [0.2, 0.25) is 5.79 Å². The van der Waals surface area contributed by atoms with Gasteiger partial charge in [-0.15, -0.1) is 0 Å². The van der Waals surface area contributed by atoms with Gasteiger partial charge < -0.3 is 9.84 Å². The number of ether oxygens (including phenoxy) is 1. The number of methoxy groups -OCH3 is 1. The molecule has 54 valence electrons. The van der Waals surface area contributed by atoms with Crippen LogP contribution in [0.5, 0.6) is 0 Å². The Bertz CT molecular complexity index is 101. The van der Waals surface area contributed by atoms with Crippen LogP contribution < -0.4 is 0 Å². The fraction of sp³-hybridized carbons (Fsp3) is 1.00. The van der Waals surface area contributed by atoms with E-state index in [1.165, 1.54) is 14.0 Å². The zero-order valence-corrected chi connectivity index (χ0v) is 5.46. The maximum Gasteiger partial charge on any atom is 0.201 e. The van der Waals surface area contributed by atoms with Gasteiger partial charge in [0.15, 0.2) is 6.29 Å². The van der Waals surface area contributed by atoms with Crippen LogP contribution in [0.15, 0.2) is 0 Å². The monoisotopic (exact) mass is 134 g/mol. The fourth-order valence-corrected chi connectivity index (χ4v) is 0.657. The van der Waals surface area contributed by atoms with E-state index in [9.17, 15) is 0 Å². The van der Waals surface area contributed by atoms with Crippen LogP contribution in [0.3, 0.4) is 0 Å². The second-order valence-corrected chi connectivity index (χ2v) is 2.22. The van der Waals surface area contributed by atoms with Crippen molar-refractivity contribution in [2.24, 2.45) is 0 Å². The lowest BCUT2D eigenvalue weighted by atomic mass is 10.2. The minimum absolute atomic E-state index is 0.351. The zero-order valence-electron chi connectivity index (χ0n) is 5.46.